The SMILES string of the molecule is Nc1nc(F)nc2c1ncn2[C@H]1C[C@H](O)[C@@](/C=C/CO)(CO)O1. The third kappa shape index (κ3) is 2.55. The number of nitrogens with zero attached hydrogens (tertiary/aromatic N) is 4. The largest absolute Gasteiger partial charge is 0.393 e. The van der Waals surface area contributed by atoms with Gasteiger partial charge in [0.05, 0.1) is 25.6 Å². The first-order valence-electron chi connectivity index (χ1n) is 6.91. The van der Waals surface area contributed by atoms with Crippen LogP contribution >= 0.6 is 0 Å². The molecule has 10 heteroatoms. The number of aliphatic hydroxyl groups is 3. The maximum absolute atomic E-state index is 13.4. The van der Waals surface area contributed by atoms with Crippen molar-refractivity contribution in [2.24, 2.45) is 0 Å². The standard InChI is InChI=1S/C13H16FN5O4/c14-12-17-10(15)9-11(18-12)19(6-16-9)8-4-7(22)13(5-21,23-8)2-1-3-20/h1-2,6-8,20-22H,3-5H2,(H2,15,17,18)/b2-1+/t7-,8+,13+/m0/s1. The molecular weight excluding hydrogens is 309 g/mol. The number of fused-ring (bicyclic) bond motifs is 1. The van der Waals surface area contributed by atoms with Crippen molar-refractivity contribution >= 4 is 17.0 Å². The first-order valence-corrected chi connectivity index (χ1v) is 6.91. The highest BCUT2D eigenvalue weighted by Gasteiger charge is 2.47. The molecule has 1 aliphatic heterocycles. The van der Waals surface area contributed by atoms with Crippen LogP contribution in [0.2, 0.25) is 0 Å². The van der Waals surface area contributed by atoms with Gasteiger partial charge < -0.3 is 25.8 Å². The lowest BCUT2D eigenvalue weighted by Crippen LogP contribution is -2.41. The Morgan fingerprint density at radius 3 is 2.96 bits per heavy atom. The van der Waals surface area contributed by atoms with Gasteiger partial charge in [-0.15, -0.1) is 0 Å². The van der Waals surface area contributed by atoms with Crippen molar-refractivity contribution in [3.8, 4) is 0 Å². The maximum atomic E-state index is 13.4. The number of aliphatic hydroxyl groups excluding tert-OH is 3. The van der Waals surface area contributed by atoms with E-state index in [-0.39, 0.29) is 30.0 Å². The van der Waals surface area contributed by atoms with E-state index in [1.165, 1.54) is 23.0 Å². The van der Waals surface area contributed by atoms with Crippen LogP contribution in [-0.4, -0.2) is 59.8 Å². The summed E-state index contributed by atoms with van der Waals surface area (Å²) in [6.07, 6.45) is 1.49. The summed E-state index contributed by atoms with van der Waals surface area (Å²) in [5, 5.41) is 28.7. The fourth-order valence-electron chi connectivity index (χ4n) is 2.66. The molecule has 0 amide bonds. The van der Waals surface area contributed by atoms with Crippen molar-refractivity contribution in [1.29, 1.82) is 0 Å². The number of aromatic nitrogens is 4. The second kappa shape index (κ2) is 5.81. The Balaban J connectivity index is 1.99. The van der Waals surface area contributed by atoms with Crippen LogP contribution in [0.5, 0.6) is 0 Å². The molecule has 1 aliphatic rings. The zero-order valence-corrected chi connectivity index (χ0v) is 12.0. The molecule has 5 N–H and O–H groups in total. The quantitative estimate of drug-likeness (QED) is 0.419. The summed E-state index contributed by atoms with van der Waals surface area (Å²) < 4.78 is 20.6. The fourth-order valence-corrected chi connectivity index (χ4v) is 2.66. The summed E-state index contributed by atoms with van der Waals surface area (Å²) >= 11 is 0. The highest BCUT2D eigenvalue weighted by atomic mass is 19.1. The highest BCUT2D eigenvalue weighted by molar-refractivity contribution is 5.81. The molecule has 3 heterocycles. The average Bonchev–Trinajstić information content (AvgIpc) is 3.07. The molecule has 0 unspecified atom stereocenters. The van der Waals surface area contributed by atoms with E-state index in [0.29, 0.717) is 0 Å². The van der Waals surface area contributed by atoms with E-state index in [1.54, 1.807) is 0 Å². The molecule has 2 aromatic heterocycles. The van der Waals surface area contributed by atoms with Gasteiger partial charge in [0.25, 0.3) is 0 Å². The van der Waals surface area contributed by atoms with Crippen molar-refractivity contribution in [3.63, 3.8) is 0 Å². The molecule has 2 aromatic rings. The molecule has 1 saturated heterocycles. The topological polar surface area (TPSA) is 140 Å². The third-order valence-electron chi connectivity index (χ3n) is 3.83. The molecule has 0 bridgehead atoms. The van der Waals surface area contributed by atoms with Gasteiger partial charge in [-0.2, -0.15) is 14.4 Å². The summed E-state index contributed by atoms with van der Waals surface area (Å²) in [4.78, 5) is 11.1. The Morgan fingerprint density at radius 2 is 2.26 bits per heavy atom. The number of nitrogen functional groups attached to an aromatic ring is 1. The Morgan fingerprint density at radius 1 is 1.48 bits per heavy atom. The molecule has 0 aromatic carbocycles. The first kappa shape index (κ1) is 15.7. The molecule has 3 rings (SSSR count). The van der Waals surface area contributed by atoms with Crippen LogP contribution in [0.4, 0.5) is 10.2 Å². The van der Waals surface area contributed by atoms with Crippen LogP contribution in [0.1, 0.15) is 12.6 Å². The smallest absolute Gasteiger partial charge is 0.312 e. The molecule has 3 atom stereocenters. The van der Waals surface area contributed by atoms with Crippen molar-refractivity contribution in [2.45, 2.75) is 24.4 Å². The van der Waals surface area contributed by atoms with Gasteiger partial charge in [0, 0.05) is 6.42 Å². The summed E-state index contributed by atoms with van der Waals surface area (Å²) in [7, 11) is 0. The number of anilines is 1. The minimum Gasteiger partial charge on any atom is -0.393 e. The molecule has 0 aliphatic carbocycles. The van der Waals surface area contributed by atoms with Crippen LogP contribution in [0.25, 0.3) is 11.2 Å². The van der Waals surface area contributed by atoms with E-state index in [2.05, 4.69) is 15.0 Å². The monoisotopic (exact) mass is 325 g/mol. The second-order valence-electron chi connectivity index (χ2n) is 5.22. The van der Waals surface area contributed by atoms with Crippen LogP contribution < -0.4 is 5.73 Å². The van der Waals surface area contributed by atoms with Gasteiger partial charge in [-0.3, -0.25) is 4.57 Å². The molecular formula is C13H16FN5O4. The van der Waals surface area contributed by atoms with Crippen LogP contribution in [0.3, 0.4) is 0 Å². The zero-order valence-electron chi connectivity index (χ0n) is 12.0. The maximum Gasteiger partial charge on any atom is 0.312 e. The van der Waals surface area contributed by atoms with E-state index in [1.807, 2.05) is 0 Å². The van der Waals surface area contributed by atoms with E-state index in [0.717, 1.165) is 0 Å². The molecule has 1 fully saturated rings. The summed E-state index contributed by atoms with van der Waals surface area (Å²) in [6.45, 7) is -0.745. The van der Waals surface area contributed by atoms with Crippen LogP contribution in [0.15, 0.2) is 18.5 Å². The molecule has 0 spiro atoms. The minimum atomic E-state index is -1.36. The second-order valence-corrected chi connectivity index (χ2v) is 5.22. The van der Waals surface area contributed by atoms with Gasteiger partial charge in [-0.1, -0.05) is 6.08 Å². The number of ether oxygens (including phenoxy) is 1. The number of halogens is 1. The van der Waals surface area contributed by atoms with Gasteiger partial charge in [-0.05, 0) is 6.08 Å². The molecule has 0 radical (unpaired) electrons. The van der Waals surface area contributed by atoms with Crippen molar-refractivity contribution in [3.05, 3.63) is 24.6 Å². The third-order valence-corrected chi connectivity index (χ3v) is 3.83. The van der Waals surface area contributed by atoms with Crippen LogP contribution in [0, 0.1) is 6.08 Å². The highest BCUT2D eigenvalue weighted by Crippen LogP contribution is 2.38. The lowest BCUT2D eigenvalue weighted by molar-refractivity contribution is -0.0957. The van der Waals surface area contributed by atoms with Crippen molar-refractivity contribution in [1.82, 2.24) is 19.5 Å². The number of nitrogens with two attached hydrogens (primary N) is 1. The molecule has 9 nitrogen and oxygen atoms in total. The lowest BCUT2D eigenvalue weighted by atomic mass is 9.97. The van der Waals surface area contributed by atoms with E-state index in [9.17, 15) is 14.6 Å². The number of hydrogen-bond acceptors (Lipinski definition) is 8. The van der Waals surface area contributed by atoms with Crippen molar-refractivity contribution < 1.29 is 24.4 Å². The first-order chi connectivity index (χ1) is 11.0. The number of hydrogen-bond donors (Lipinski definition) is 4. The predicted molar refractivity (Wildman–Crippen MR) is 76.5 cm³/mol. The van der Waals surface area contributed by atoms with Crippen LogP contribution in [-0.2, 0) is 4.74 Å². The van der Waals surface area contributed by atoms with Crippen molar-refractivity contribution in [2.75, 3.05) is 18.9 Å². The zero-order chi connectivity index (χ0) is 16.6. The summed E-state index contributed by atoms with van der Waals surface area (Å²) in [5.41, 5.74) is 4.60. The van der Waals surface area contributed by atoms with E-state index >= 15 is 0 Å². The normalized spacial score (nSPS) is 28.2. The van der Waals surface area contributed by atoms with Gasteiger partial charge in [-0.25, -0.2) is 4.98 Å². The van der Waals surface area contributed by atoms with E-state index < -0.39 is 30.6 Å². The van der Waals surface area contributed by atoms with Gasteiger partial charge in [0.1, 0.15) is 11.8 Å². The Bertz CT molecular complexity index is 751. The molecule has 0 saturated carbocycles. The number of imidazole rings is 1. The summed E-state index contributed by atoms with van der Waals surface area (Å²) in [5.74, 6) is -0.0987. The lowest BCUT2D eigenvalue weighted by Gasteiger charge is -2.26. The molecule has 124 valence electrons. The van der Waals surface area contributed by atoms with Gasteiger partial charge >= 0.3 is 6.08 Å². The Hall–Kier alpha value is -2.14. The van der Waals surface area contributed by atoms with Gasteiger partial charge in [0.2, 0.25) is 0 Å². The number of rotatable bonds is 4. The average molecular weight is 325 g/mol. The molecule has 23 heavy (non-hydrogen) atoms. The van der Waals surface area contributed by atoms with Gasteiger partial charge in [0.15, 0.2) is 17.0 Å². The minimum absolute atomic E-state index is 0.0987. The Kier molecular flexibility index (Phi) is 3.98. The fraction of sp³-hybridized carbons (Fsp3) is 0.462. The summed E-state index contributed by atoms with van der Waals surface area (Å²) in [6, 6.07) is 0. The Labute approximate surface area is 129 Å². The predicted octanol–water partition coefficient (Wildman–Crippen LogP) is -0.893. The van der Waals surface area contributed by atoms with E-state index in [4.69, 9.17) is 15.6 Å².